The van der Waals surface area contributed by atoms with E-state index in [2.05, 4.69) is 0 Å². The van der Waals surface area contributed by atoms with Crippen LogP contribution in [-0.2, 0) is 6.42 Å². The van der Waals surface area contributed by atoms with Gasteiger partial charge in [-0.15, -0.1) is 0 Å². The number of hydrogen-bond donors (Lipinski definition) is 1. The average Bonchev–Trinajstić information content (AvgIpc) is 2.47. The molecular weight excluding hydrogens is 236 g/mol. The standard InChI is InChI=1S/C17H18O2/c1-13(17(19)15-10-6-3-7-11-15)16(18)12-14-8-4-2-5-9-14/h2-11,13,16,18H,12H2,1H3. The lowest BCUT2D eigenvalue weighted by molar-refractivity contribution is 0.0716. The van der Waals surface area contributed by atoms with Crippen molar-refractivity contribution in [1.82, 2.24) is 0 Å². The highest BCUT2D eigenvalue weighted by atomic mass is 16.3. The minimum Gasteiger partial charge on any atom is -0.392 e. The summed E-state index contributed by atoms with van der Waals surface area (Å²) in [6.07, 6.45) is -0.157. The van der Waals surface area contributed by atoms with E-state index in [0.29, 0.717) is 12.0 Å². The minimum absolute atomic E-state index is 0.0102. The van der Waals surface area contributed by atoms with Crippen LogP contribution in [0, 0.1) is 5.92 Å². The second-order valence-corrected chi connectivity index (χ2v) is 4.78. The van der Waals surface area contributed by atoms with Crippen LogP contribution in [0.25, 0.3) is 0 Å². The number of aliphatic hydroxyl groups is 1. The monoisotopic (exact) mass is 254 g/mol. The van der Waals surface area contributed by atoms with E-state index >= 15 is 0 Å². The van der Waals surface area contributed by atoms with Gasteiger partial charge in [0.1, 0.15) is 0 Å². The summed E-state index contributed by atoms with van der Waals surface area (Å²) >= 11 is 0. The highest BCUT2D eigenvalue weighted by Gasteiger charge is 2.23. The number of carbonyl (C=O) groups excluding carboxylic acids is 1. The van der Waals surface area contributed by atoms with Gasteiger partial charge in [-0.2, -0.15) is 0 Å². The van der Waals surface area contributed by atoms with Gasteiger partial charge in [0.15, 0.2) is 5.78 Å². The summed E-state index contributed by atoms with van der Waals surface area (Å²) < 4.78 is 0. The van der Waals surface area contributed by atoms with Crippen LogP contribution in [0.3, 0.4) is 0 Å². The fourth-order valence-corrected chi connectivity index (χ4v) is 2.07. The van der Waals surface area contributed by atoms with Crippen molar-refractivity contribution in [3.8, 4) is 0 Å². The van der Waals surface area contributed by atoms with Crippen molar-refractivity contribution in [2.75, 3.05) is 0 Å². The van der Waals surface area contributed by atoms with Gasteiger partial charge in [-0.05, 0) is 12.0 Å². The van der Waals surface area contributed by atoms with Gasteiger partial charge in [0, 0.05) is 11.5 Å². The molecule has 0 spiro atoms. The third-order valence-corrected chi connectivity index (χ3v) is 3.34. The third-order valence-electron chi connectivity index (χ3n) is 3.34. The molecular formula is C17H18O2. The van der Waals surface area contributed by atoms with Crippen molar-refractivity contribution in [2.45, 2.75) is 19.4 Å². The summed E-state index contributed by atoms with van der Waals surface area (Å²) in [7, 11) is 0. The van der Waals surface area contributed by atoms with Crippen LogP contribution in [0.15, 0.2) is 60.7 Å². The molecule has 2 rings (SSSR count). The minimum atomic E-state index is -0.657. The van der Waals surface area contributed by atoms with E-state index in [1.165, 1.54) is 0 Å². The quantitative estimate of drug-likeness (QED) is 0.832. The summed E-state index contributed by atoms with van der Waals surface area (Å²) in [6.45, 7) is 1.78. The Balaban J connectivity index is 2.03. The lowest BCUT2D eigenvalue weighted by atomic mass is 9.91. The van der Waals surface area contributed by atoms with Crippen molar-refractivity contribution in [1.29, 1.82) is 0 Å². The molecule has 0 aromatic heterocycles. The summed E-state index contributed by atoms with van der Waals surface area (Å²) in [5.41, 5.74) is 1.70. The Morgan fingerprint density at radius 1 is 1.00 bits per heavy atom. The molecule has 0 bridgehead atoms. The summed E-state index contributed by atoms with van der Waals surface area (Å²) in [5, 5.41) is 10.2. The first-order valence-corrected chi connectivity index (χ1v) is 6.49. The molecule has 0 aliphatic carbocycles. The second-order valence-electron chi connectivity index (χ2n) is 4.78. The SMILES string of the molecule is CC(C(=O)c1ccccc1)C(O)Cc1ccccc1. The Bertz CT molecular complexity index is 519. The molecule has 0 fully saturated rings. The Labute approximate surface area is 113 Å². The maximum absolute atomic E-state index is 12.2. The number of rotatable bonds is 5. The van der Waals surface area contributed by atoms with E-state index in [0.717, 1.165) is 5.56 Å². The molecule has 2 nitrogen and oxygen atoms in total. The van der Waals surface area contributed by atoms with Crippen molar-refractivity contribution in [2.24, 2.45) is 5.92 Å². The zero-order valence-electron chi connectivity index (χ0n) is 11.0. The normalized spacial score (nSPS) is 13.8. The van der Waals surface area contributed by atoms with E-state index in [1.54, 1.807) is 19.1 Å². The van der Waals surface area contributed by atoms with E-state index in [4.69, 9.17) is 0 Å². The predicted molar refractivity (Wildman–Crippen MR) is 76.1 cm³/mol. The van der Waals surface area contributed by atoms with Crippen LogP contribution in [0.2, 0.25) is 0 Å². The molecule has 19 heavy (non-hydrogen) atoms. The molecule has 2 aromatic carbocycles. The van der Waals surface area contributed by atoms with Gasteiger partial charge >= 0.3 is 0 Å². The van der Waals surface area contributed by atoms with Gasteiger partial charge in [-0.3, -0.25) is 4.79 Å². The number of hydrogen-bond acceptors (Lipinski definition) is 2. The summed E-state index contributed by atoms with van der Waals surface area (Å²) in [4.78, 5) is 12.2. The van der Waals surface area contributed by atoms with E-state index in [1.807, 2.05) is 48.5 Å². The molecule has 2 aromatic rings. The van der Waals surface area contributed by atoms with Crippen molar-refractivity contribution >= 4 is 5.78 Å². The van der Waals surface area contributed by atoms with Gasteiger partial charge in [-0.25, -0.2) is 0 Å². The first-order chi connectivity index (χ1) is 9.18. The average molecular weight is 254 g/mol. The Morgan fingerprint density at radius 3 is 2.11 bits per heavy atom. The molecule has 2 unspecified atom stereocenters. The lowest BCUT2D eigenvalue weighted by Gasteiger charge is -2.18. The fourth-order valence-electron chi connectivity index (χ4n) is 2.07. The maximum Gasteiger partial charge on any atom is 0.168 e. The predicted octanol–water partition coefficient (Wildman–Crippen LogP) is 3.11. The fraction of sp³-hybridized carbons (Fsp3) is 0.235. The second kappa shape index (κ2) is 6.30. The Kier molecular flexibility index (Phi) is 4.48. The third kappa shape index (κ3) is 3.52. The number of carbonyl (C=O) groups is 1. The van der Waals surface area contributed by atoms with Gasteiger partial charge < -0.3 is 5.11 Å². The molecule has 0 aliphatic rings. The van der Waals surface area contributed by atoms with Gasteiger partial charge in [0.05, 0.1) is 6.10 Å². The smallest absolute Gasteiger partial charge is 0.168 e. The Hall–Kier alpha value is -1.93. The zero-order valence-corrected chi connectivity index (χ0v) is 11.0. The molecule has 0 saturated heterocycles. The molecule has 0 aliphatic heterocycles. The van der Waals surface area contributed by atoms with Crippen LogP contribution >= 0.6 is 0 Å². The lowest BCUT2D eigenvalue weighted by Crippen LogP contribution is -2.27. The Morgan fingerprint density at radius 2 is 1.53 bits per heavy atom. The van der Waals surface area contributed by atoms with Crippen molar-refractivity contribution < 1.29 is 9.90 Å². The zero-order chi connectivity index (χ0) is 13.7. The summed E-state index contributed by atoms with van der Waals surface area (Å²) in [6, 6.07) is 18.9. The molecule has 98 valence electrons. The van der Waals surface area contributed by atoms with Crippen molar-refractivity contribution in [3.63, 3.8) is 0 Å². The van der Waals surface area contributed by atoms with Gasteiger partial charge in [0.2, 0.25) is 0 Å². The molecule has 2 heteroatoms. The van der Waals surface area contributed by atoms with Crippen LogP contribution in [0.5, 0.6) is 0 Å². The summed E-state index contributed by atoms with van der Waals surface area (Å²) in [5.74, 6) is -0.411. The van der Waals surface area contributed by atoms with Crippen LogP contribution in [0.4, 0.5) is 0 Å². The first-order valence-electron chi connectivity index (χ1n) is 6.49. The number of ketones is 1. The van der Waals surface area contributed by atoms with Crippen LogP contribution in [-0.4, -0.2) is 17.0 Å². The van der Waals surface area contributed by atoms with Gasteiger partial charge in [-0.1, -0.05) is 67.6 Å². The van der Waals surface area contributed by atoms with Crippen molar-refractivity contribution in [3.05, 3.63) is 71.8 Å². The van der Waals surface area contributed by atoms with Gasteiger partial charge in [0.25, 0.3) is 0 Å². The number of benzene rings is 2. The topological polar surface area (TPSA) is 37.3 Å². The molecule has 0 saturated carbocycles. The molecule has 0 amide bonds. The number of aliphatic hydroxyl groups excluding tert-OH is 1. The molecule has 0 radical (unpaired) electrons. The molecule has 2 atom stereocenters. The van der Waals surface area contributed by atoms with Crippen LogP contribution in [0.1, 0.15) is 22.8 Å². The van der Waals surface area contributed by atoms with E-state index in [-0.39, 0.29) is 5.78 Å². The highest BCUT2D eigenvalue weighted by Crippen LogP contribution is 2.16. The maximum atomic E-state index is 12.2. The molecule has 1 N–H and O–H groups in total. The first kappa shape index (κ1) is 13.5. The number of Topliss-reactive ketones (excluding diaryl/α,β-unsaturated/α-hetero) is 1. The highest BCUT2D eigenvalue weighted by molar-refractivity contribution is 5.97. The van der Waals surface area contributed by atoms with Crippen LogP contribution < -0.4 is 0 Å². The molecule has 0 heterocycles. The van der Waals surface area contributed by atoms with E-state index in [9.17, 15) is 9.90 Å². The largest absolute Gasteiger partial charge is 0.392 e. The van der Waals surface area contributed by atoms with E-state index < -0.39 is 12.0 Å².